The zero-order valence-corrected chi connectivity index (χ0v) is 14.0. The van der Waals surface area contributed by atoms with Crippen molar-refractivity contribution in [2.75, 3.05) is 27.8 Å². The van der Waals surface area contributed by atoms with Gasteiger partial charge >= 0.3 is 0 Å². The van der Waals surface area contributed by atoms with Crippen molar-refractivity contribution >= 4 is 0 Å². The molecule has 1 N–H and O–H groups in total. The average molecular weight is 316 g/mol. The highest BCUT2D eigenvalue weighted by Gasteiger charge is 2.50. The second-order valence-electron chi connectivity index (χ2n) is 6.70. The van der Waals surface area contributed by atoms with Crippen LogP contribution in [0.5, 0.6) is 11.5 Å². The molecule has 0 bridgehead atoms. The summed E-state index contributed by atoms with van der Waals surface area (Å²) in [6.45, 7) is 1.01. The molecule has 0 spiro atoms. The number of benzene rings is 1. The first-order valence-electron chi connectivity index (χ1n) is 8.10. The SMILES string of the molecule is COc1cc([C@@]23CC[C@@H](O)C[C@@H]2N(C)CC3)cc(C#N)c1OC. The van der Waals surface area contributed by atoms with Crippen LogP contribution < -0.4 is 9.47 Å². The van der Waals surface area contributed by atoms with E-state index in [1.54, 1.807) is 14.2 Å². The van der Waals surface area contributed by atoms with Crippen molar-refractivity contribution in [1.82, 2.24) is 4.90 Å². The van der Waals surface area contributed by atoms with Crippen LogP contribution in [0.3, 0.4) is 0 Å². The second kappa shape index (κ2) is 6.03. The lowest BCUT2D eigenvalue weighted by Crippen LogP contribution is -2.47. The molecule has 1 aromatic rings. The minimum Gasteiger partial charge on any atom is -0.493 e. The molecule has 23 heavy (non-hydrogen) atoms. The average Bonchev–Trinajstić information content (AvgIpc) is 2.91. The Kier molecular flexibility index (Phi) is 4.22. The van der Waals surface area contributed by atoms with Gasteiger partial charge in [0.1, 0.15) is 6.07 Å². The molecule has 3 atom stereocenters. The summed E-state index contributed by atoms with van der Waals surface area (Å²) in [6.07, 6.45) is 3.34. The number of nitrogens with zero attached hydrogens (tertiary/aromatic N) is 2. The second-order valence-corrected chi connectivity index (χ2v) is 6.70. The van der Waals surface area contributed by atoms with Gasteiger partial charge in [-0.15, -0.1) is 0 Å². The molecule has 0 unspecified atom stereocenters. The quantitative estimate of drug-likeness (QED) is 0.924. The summed E-state index contributed by atoms with van der Waals surface area (Å²) in [4.78, 5) is 2.34. The Bertz CT molecular complexity index is 640. The fourth-order valence-corrected chi connectivity index (χ4v) is 4.43. The zero-order chi connectivity index (χ0) is 16.6. The number of fused-ring (bicyclic) bond motifs is 1. The fraction of sp³-hybridized carbons (Fsp3) is 0.611. The Hall–Kier alpha value is -1.77. The third-order valence-electron chi connectivity index (χ3n) is 5.67. The molecule has 1 heterocycles. The molecule has 5 heteroatoms. The highest BCUT2D eigenvalue weighted by atomic mass is 16.5. The molecule has 0 aromatic heterocycles. The lowest BCUT2D eigenvalue weighted by Gasteiger charge is -2.43. The molecule has 1 aromatic carbocycles. The predicted octanol–water partition coefficient (Wildman–Crippen LogP) is 2.06. The van der Waals surface area contributed by atoms with Gasteiger partial charge in [-0.2, -0.15) is 5.26 Å². The van der Waals surface area contributed by atoms with E-state index in [-0.39, 0.29) is 11.5 Å². The molecule has 2 aliphatic rings. The maximum absolute atomic E-state index is 10.1. The number of aliphatic hydroxyl groups excluding tert-OH is 1. The Morgan fingerprint density at radius 2 is 2.09 bits per heavy atom. The van der Waals surface area contributed by atoms with Crippen LogP contribution in [0.2, 0.25) is 0 Å². The summed E-state index contributed by atoms with van der Waals surface area (Å²) in [5.74, 6) is 1.10. The summed E-state index contributed by atoms with van der Waals surface area (Å²) in [6, 6.07) is 6.50. The fourth-order valence-electron chi connectivity index (χ4n) is 4.43. The van der Waals surface area contributed by atoms with Gasteiger partial charge in [-0.05, 0) is 57.0 Å². The molecule has 5 nitrogen and oxygen atoms in total. The van der Waals surface area contributed by atoms with E-state index in [9.17, 15) is 10.4 Å². The lowest BCUT2D eigenvalue weighted by molar-refractivity contribution is 0.0566. The third-order valence-corrected chi connectivity index (χ3v) is 5.67. The number of likely N-dealkylation sites (tertiary alicyclic amines) is 1. The summed E-state index contributed by atoms with van der Waals surface area (Å²) in [5, 5.41) is 19.6. The van der Waals surface area contributed by atoms with E-state index in [0.29, 0.717) is 23.1 Å². The van der Waals surface area contributed by atoms with Crippen molar-refractivity contribution < 1.29 is 14.6 Å². The smallest absolute Gasteiger partial charge is 0.178 e. The van der Waals surface area contributed by atoms with E-state index < -0.39 is 0 Å². The van der Waals surface area contributed by atoms with Gasteiger partial charge in [-0.3, -0.25) is 0 Å². The van der Waals surface area contributed by atoms with Gasteiger partial charge in [-0.25, -0.2) is 0 Å². The van der Waals surface area contributed by atoms with E-state index in [4.69, 9.17) is 9.47 Å². The number of nitriles is 1. The molecular formula is C18H24N2O3. The number of hydrogen-bond acceptors (Lipinski definition) is 5. The van der Waals surface area contributed by atoms with Crippen LogP contribution in [-0.4, -0.2) is 50.0 Å². The van der Waals surface area contributed by atoms with Gasteiger partial charge in [0.05, 0.1) is 25.9 Å². The monoisotopic (exact) mass is 316 g/mol. The van der Waals surface area contributed by atoms with Crippen LogP contribution in [0.15, 0.2) is 12.1 Å². The van der Waals surface area contributed by atoms with Gasteiger partial charge in [-0.1, -0.05) is 0 Å². The zero-order valence-electron chi connectivity index (χ0n) is 14.0. The van der Waals surface area contributed by atoms with Crippen molar-refractivity contribution in [3.8, 4) is 17.6 Å². The number of methoxy groups -OCH3 is 2. The van der Waals surface area contributed by atoms with Crippen molar-refractivity contribution in [3.63, 3.8) is 0 Å². The molecule has 1 aliphatic carbocycles. The number of rotatable bonds is 3. The van der Waals surface area contributed by atoms with E-state index in [0.717, 1.165) is 37.8 Å². The first-order valence-corrected chi connectivity index (χ1v) is 8.10. The summed E-state index contributed by atoms with van der Waals surface area (Å²) in [5.41, 5.74) is 1.63. The molecule has 2 fully saturated rings. The minimum absolute atomic E-state index is 0.0148. The Labute approximate surface area is 137 Å². The maximum Gasteiger partial charge on any atom is 0.178 e. The Morgan fingerprint density at radius 1 is 1.30 bits per heavy atom. The molecule has 0 radical (unpaired) electrons. The van der Waals surface area contributed by atoms with Gasteiger partial charge in [0.25, 0.3) is 0 Å². The van der Waals surface area contributed by atoms with Crippen molar-refractivity contribution in [2.24, 2.45) is 0 Å². The molecular weight excluding hydrogens is 292 g/mol. The summed E-state index contributed by atoms with van der Waals surface area (Å²) < 4.78 is 10.8. The number of aliphatic hydroxyl groups is 1. The maximum atomic E-state index is 10.1. The van der Waals surface area contributed by atoms with E-state index in [1.165, 1.54) is 0 Å². The van der Waals surface area contributed by atoms with Crippen LogP contribution in [-0.2, 0) is 5.41 Å². The number of ether oxygens (including phenoxy) is 2. The number of hydrogen-bond donors (Lipinski definition) is 1. The van der Waals surface area contributed by atoms with Crippen LogP contribution in [0.25, 0.3) is 0 Å². The largest absolute Gasteiger partial charge is 0.493 e. The van der Waals surface area contributed by atoms with Crippen molar-refractivity contribution in [2.45, 2.75) is 43.2 Å². The topological polar surface area (TPSA) is 65.7 Å². The van der Waals surface area contributed by atoms with E-state index in [2.05, 4.69) is 18.0 Å². The minimum atomic E-state index is -0.232. The van der Waals surface area contributed by atoms with Gasteiger partial charge in [0, 0.05) is 11.5 Å². The first kappa shape index (κ1) is 16.1. The molecule has 1 saturated heterocycles. The lowest BCUT2D eigenvalue weighted by atomic mass is 9.65. The van der Waals surface area contributed by atoms with Crippen LogP contribution in [0.1, 0.15) is 36.8 Å². The highest BCUT2D eigenvalue weighted by molar-refractivity contribution is 5.56. The predicted molar refractivity (Wildman–Crippen MR) is 86.8 cm³/mol. The molecule has 0 amide bonds. The Balaban J connectivity index is 2.12. The van der Waals surface area contributed by atoms with Crippen molar-refractivity contribution in [3.05, 3.63) is 23.3 Å². The van der Waals surface area contributed by atoms with Gasteiger partial charge in [0.2, 0.25) is 0 Å². The van der Waals surface area contributed by atoms with Crippen LogP contribution in [0.4, 0.5) is 0 Å². The normalized spacial score (nSPS) is 30.6. The Morgan fingerprint density at radius 3 is 2.74 bits per heavy atom. The van der Waals surface area contributed by atoms with Gasteiger partial charge < -0.3 is 19.5 Å². The van der Waals surface area contributed by atoms with Gasteiger partial charge in [0.15, 0.2) is 11.5 Å². The van der Waals surface area contributed by atoms with Crippen molar-refractivity contribution in [1.29, 1.82) is 5.26 Å². The molecule has 1 saturated carbocycles. The first-order chi connectivity index (χ1) is 11.1. The van der Waals surface area contributed by atoms with E-state index >= 15 is 0 Å². The molecule has 1 aliphatic heterocycles. The molecule has 3 rings (SSSR count). The number of likely N-dealkylation sites (N-methyl/N-ethyl adjacent to an activating group) is 1. The van der Waals surface area contributed by atoms with Crippen LogP contribution >= 0.6 is 0 Å². The summed E-state index contributed by atoms with van der Waals surface area (Å²) >= 11 is 0. The van der Waals surface area contributed by atoms with Crippen LogP contribution in [0, 0.1) is 11.3 Å². The highest BCUT2D eigenvalue weighted by Crippen LogP contribution is 2.50. The summed E-state index contributed by atoms with van der Waals surface area (Å²) in [7, 11) is 5.28. The third kappa shape index (κ3) is 2.46. The molecule has 124 valence electrons. The van der Waals surface area contributed by atoms with E-state index in [1.807, 2.05) is 12.1 Å². The standard InChI is InChI=1S/C18H24N2O3/c1-20-7-6-18(5-4-14(21)10-16(18)20)13-8-12(11-19)17(23-3)15(9-13)22-2/h8-9,14,16,21H,4-7,10H2,1-3H3/t14-,16+,18+/m1/s1.